The largest absolute Gasteiger partial charge is 0.504 e. The average Bonchev–Trinajstić information content (AvgIpc) is 3.64. The van der Waals surface area contributed by atoms with Crippen LogP contribution in [0, 0.1) is 17.3 Å². The number of phenols is 1. The number of rotatable bonds is 6. The topological polar surface area (TPSA) is 82.0 Å². The zero-order valence-corrected chi connectivity index (χ0v) is 21.0. The van der Waals surface area contributed by atoms with Crippen LogP contribution in [-0.2, 0) is 23.1 Å². The van der Waals surface area contributed by atoms with E-state index in [2.05, 4.69) is 34.5 Å². The molecular weight excluding hydrogens is 464 g/mol. The molecule has 2 aromatic carbocycles. The summed E-state index contributed by atoms with van der Waals surface area (Å²) in [5, 5.41) is 26.3. The van der Waals surface area contributed by atoms with Crippen LogP contribution in [0.5, 0.6) is 11.5 Å². The van der Waals surface area contributed by atoms with Crippen LogP contribution in [0.1, 0.15) is 42.4 Å². The standard InChI is InChI=1S/C31H34N2O4/c34-23-9-8-21-16-24-29-11-12-31(36,22(17-29)27(35)32-14-10-19-4-2-1-3-5-19)28-30(29,25(21)26(23)37-28)13-15-33(24)18-20-6-7-20/h1-5,8-9,11-12,20,22,24,28,34,36H,6-7,10,13-18H2,(H,32,35)/t22-,24+,28+,29+,30-,31?/m0/s1. The number of phenolic OH excluding ortho intramolecular Hbond substituents is 1. The molecule has 2 spiro atoms. The van der Waals surface area contributed by atoms with E-state index in [0.717, 1.165) is 43.8 Å². The van der Waals surface area contributed by atoms with Gasteiger partial charge in [0, 0.05) is 30.1 Å². The Labute approximate surface area is 217 Å². The SMILES string of the molecule is O=C(NCCc1ccccc1)[C@@H]1C[C@@]23C=CC1(O)[C@@H]1Oc4c(O)ccc5c4[C@@]12CCN(CC1CC1)[C@@H]3C5. The van der Waals surface area contributed by atoms with Gasteiger partial charge in [-0.2, -0.15) is 0 Å². The van der Waals surface area contributed by atoms with Crippen LogP contribution in [0.3, 0.4) is 0 Å². The third kappa shape index (κ3) is 2.75. The van der Waals surface area contributed by atoms with E-state index in [-0.39, 0.29) is 23.1 Å². The van der Waals surface area contributed by atoms with Gasteiger partial charge in [-0.3, -0.25) is 9.69 Å². The molecule has 6 nitrogen and oxygen atoms in total. The highest BCUT2D eigenvalue weighted by atomic mass is 16.5. The number of aliphatic hydroxyl groups is 1. The molecule has 1 saturated heterocycles. The Morgan fingerprint density at radius 1 is 1.14 bits per heavy atom. The smallest absolute Gasteiger partial charge is 0.226 e. The van der Waals surface area contributed by atoms with Crippen molar-refractivity contribution in [3.8, 4) is 11.5 Å². The van der Waals surface area contributed by atoms with Crippen molar-refractivity contribution in [1.82, 2.24) is 10.2 Å². The van der Waals surface area contributed by atoms with E-state index in [9.17, 15) is 15.0 Å². The number of nitrogens with one attached hydrogen (secondary N) is 1. The van der Waals surface area contributed by atoms with Crippen molar-refractivity contribution in [3.63, 3.8) is 0 Å². The molecular formula is C31H34N2O4. The zero-order chi connectivity index (χ0) is 25.0. The Kier molecular flexibility index (Phi) is 4.43. The summed E-state index contributed by atoms with van der Waals surface area (Å²) in [6, 6.07) is 14.2. The van der Waals surface area contributed by atoms with Gasteiger partial charge in [0.25, 0.3) is 0 Å². The predicted molar refractivity (Wildman–Crippen MR) is 138 cm³/mol. The van der Waals surface area contributed by atoms with Crippen molar-refractivity contribution in [2.45, 2.75) is 61.7 Å². The molecule has 4 bridgehead atoms. The number of likely N-dealkylation sites (tertiary alicyclic amines) is 1. The Morgan fingerprint density at radius 3 is 2.78 bits per heavy atom. The van der Waals surface area contributed by atoms with Crippen LogP contribution in [0.15, 0.2) is 54.6 Å². The Hall–Kier alpha value is -2.83. The molecule has 1 amide bonds. The molecule has 1 unspecified atom stereocenters. The van der Waals surface area contributed by atoms with Crippen LogP contribution in [-0.4, -0.2) is 58.4 Å². The van der Waals surface area contributed by atoms with Crippen LogP contribution in [0.25, 0.3) is 0 Å². The number of amides is 1. The first kappa shape index (κ1) is 22.2. The minimum atomic E-state index is -1.41. The third-order valence-electron chi connectivity index (χ3n) is 10.7. The molecule has 9 rings (SSSR count). The lowest BCUT2D eigenvalue weighted by Gasteiger charge is -2.70. The molecule has 6 atom stereocenters. The molecule has 192 valence electrons. The lowest BCUT2D eigenvalue weighted by Crippen LogP contribution is -2.80. The van der Waals surface area contributed by atoms with Gasteiger partial charge in [-0.05, 0) is 68.2 Å². The summed E-state index contributed by atoms with van der Waals surface area (Å²) in [5.74, 6) is 0.769. The monoisotopic (exact) mass is 498 g/mol. The number of carbonyl (C=O) groups excluding carboxylic acids is 1. The van der Waals surface area contributed by atoms with Gasteiger partial charge in [0.15, 0.2) is 11.5 Å². The van der Waals surface area contributed by atoms with Gasteiger partial charge in [-0.15, -0.1) is 0 Å². The number of piperidine rings is 1. The van der Waals surface area contributed by atoms with Gasteiger partial charge < -0.3 is 20.3 Å². The van der Waals surface area contributed by atoms with Crippen molar-refractivity contribution in [3.05, 3.63) is 71.3 Å². The zero-order valence-electron chi connectivity index (χ0n) is 21.0. The van der Waals surface area contributed by atoms with Crippen molar-refractivity contribution in [1.29, 1.82) is 0 Å². The van der Waals surface area contributed by atoms with E-state index in [1.807, 2.05) is 24.3 Å². The normalized spacial score (nSPS) is 38.2. The number of benzene rings is 2. The predicted octanol–water partition coefficient (Wildman–Crippen LogP) is 3.10. The summed E-state index contributed by atoms with van der Waals surface area (Å²) >= 11 is 0. The maximum absolute atomic E-state index is 13.7. The first-order valence-corrected chi connectivity index (χ1v) is 14.0. The quantitative estimate of drug-likeness (QED) is 0.534. The first-order chi connectivity index (χ1) is 18.0. The molecule has 5 aliphatic carbocycles. The molecule has 2 saturated carbocycles. The number of hydrogen-bond donors (Lipinski definition) is 3. The highest BCUT2D eigenvalue weighted by Gasteiger charge is 2.79. The van der Waals surface area contributed by atoms with Gasteiger partial charge >= 0.3 is 0 Å². The Morgan fingerprint density at radius 2 is 1.97 bits per heavy atom. The molecule has 2 aliphatic heterocycles. The third-order valence-corrected chi connectivity index (χ3v) is 10.7. The second kappa shape index (κ2) is 7.39. The maximum atomic E-state index is 13.7. The van der Waals surface area contributed by atoms with E-state index in [0.29, 0.717) is 18.7 Å². The summed E-state index contributed by atoms with van der Waals surface area (Å²) in [6.45, 7) is 2.61. The van der Waals surface area contributed by atoms with E-state index in [1.54, 1.807) is 6.07 Å². The summed E-state index contributed by atoms with van der Waals surface area (Å²) in [4.78, 5) is 16.4. The van der Waals surface area contributed by atoms with E-state index in [1.165, 1.54) is 24.0 Å². The number of fused-ring (bicyclic) bond motifs is 1. The average molecular weight is 499 g/mol. The number of carbonyl (C=O) groups is 1. The van der Waals surface area contributed by atoms with Gasteiger partial charge in [-0.25, -0.2) is 0 Å². The van der Waals surface area contributed by atoms with Crippen molar-refractivity contribution in [2.75, 3.05) is 19.6 Å². The van der Waals surface area contributed by atoms with Crippen molar-refractivity contribution < 1.29 is 19.7 Å². The minimum absolute atomic E-state index is 0.0987. The number of nitrogens with zero attached hydrogens (tertiary/aromatic N) is 1. The Bertz CT molecular complexity index is 1320. The van der Waals surface area contributed by atoms with E-state index < -0.39 is 23.0 Å². The lowest BCUT2D eigenvalue weighted by atomic mass is 9.37. The fourth-order valence-corrected chi connectivity index (χ4v) is 8.88. The molecule has 0 radical (unpaired) electrons. The molecule has 3 N–H and O–H groups in total. The van der Waals surface area contributed by atoms with E-state index in [4.69, 9.17) is 4.74 Å². The highest BCUT2D eigenvalue weighted by Crippen LogP contribution is 2.74. The van der Waals surface area contributed by atoms with Crippen molar-refractivity contribution >= 4 is 5.91 Å². The summed E-state index contributed by atoms with van der Waals surface area (Å²) < 4.78 is 6.57. The maximum Gasteiger partial charge on any atom is 0.226 e. The van der Waals surface area contributed by atoms with Gasteiger partial charge in [0.2, 0.25) is 5.91 Å². The van der Waals surface area contributed by atoms with Gasteiger partial charge in [-0.1, -0.05) is 48.6 Å². The second-order valence-electron chi connectivity index (χ2n) is 12.4. The minimum Gasteiger partial charge on any atom is -0.504 e. The van der Waals surface area contributed by atoms with E-state index >= 15 is 0 Å². The fraction of sp³-hybridized carbons (Fsp3) is 0.516. The number of aromatic hydroxyl groups is 1. The molecule has 7 aliphatic rings. The highest BCUT2D eigenvalue weighted by molar-refractivity contribution is 5.82. The van der Waals surface area contributed by atoms with Crippen LogP contribution in [0.4, 0.5) is 0 Å². The van der Waals surface area contributed by atoms with Crippen LogP contribution in [0.2, 0.25) is 0 Å². The molecule has 3 fully saturated rings. The lowest BCUT2D eigenvalue weighted by molar-refractivity contribution is -0.206. The first-order valence-electron chi connectivity index (χ1n) is 14.0. The van der Waals surface area contributed by atoms with Crippen LogP contribution >= 0.6 is 0 Å². The summed E-state index contributed by atoms with van der Waals surface area (Å²) in [7, 11) is 0. The van der Waals surface area contributed by atoms with Crippen LogP contribution < -0.4 is 10.1 Å². The molecule has 2 aromatic rings. The number of ether oxygens (including phenoxy) is 1. The molecule has 2 heterocycles. The summed E-state index contributed by atoms with van der Waals surface area (Å²) in [5.41, 5.74) is 1.39. The van der Waals surface area contributed by atoms with Crippen molar-refractivity contribution in [2.24, 2.45) is 17.3 Å². The molecule has 37 heavy (non-hydrogen) atoms. The Balaban J connectivity index is 1.19. The second-order valence-corrected chi connectivity index (χ2v) is 12.4. The summed E-state index contributed by atoms with van der Waals surface area (Å²) in [6.07, 6.45) is 9.32. The number of hydrogen-bond acceptors (Lipinski definition) is 5. The molecule has 6 heteroatoms. The van der Waals surface area contributed by atoms with Gasteiger partial charge in [0.1, 0.15) is 11.7 Å². The fourth-order valence-electron chi connectivity index (χ4n) is 8.88. The molecule has 0 aromatic heterocycles. The van der Waals surface area contributed by atoms with Gasteiger partial charge in [0.05, 0.1) is 11.3 Å².